The number of rotatable bonds is 2. The zero-order valence-corrected chi connectivity index (χ0v) is 9.41. The van der Waals surface area contributed by atoms with Crippen LogP contribution in [-0.4, -0.2) is 27.7 Å². The van der Waals surface area contributed by atoms with Crippen molar-refractivity contribution in [3.63, 3.8) is 0 Å². The summed E-state index contributed by atoms with van der Waals surface area (Å²) in [4.78, 5) is 12.1. The first kappa shape index (κ1) is 12.0. The third kappa shape index (κ3) is 3.20. The van der Waals surface area contributed by atoms with Gasteiger partial charge in [0.05, 0.1) is 0 Å². The minimum atomic E-state index is -0.954. The van der Waals surface area contributed by atoms with Crippen LogP contribution in [0.15, 0.2) is 0 Å². The lowest BCUT2D eigenvalue weighted by atomic mass is 10.1. The summed E-state index contributed by atoms with van der Waals surface area (Å²) in [5, 5.41) is 0. The van der Waals surface area contributed by atoms with Crippen LogP contribution in [0.1, 0.15) is 27.7 Å². The highest BCUT2D eigenvalue weighted by atomic mass is 35.5. The highest BCUT2D eigenvalue weighted by Gasteiger charge is 2.28. The van der Waals surface area contributed by atoms with Gasteiger partial charge >= 0.3 is 0 Å². The summed E-state index contributed by atoms with van der Waals surface area (Å²) in [6, 6.07) is 0. The van der Waals surface area contributed by atoms with Gasteiger partial charge in [-0.1, -0.05) is 23.2 Å². The predicted octanol–water partition coefficient (Wildman–Crippen LogP) is 2.44. The molecule has 0 spiro atoms. The van der Waals surface area contributed by atoms with E-state index in [9.17, 15) is 4.79 Å². The van der Waals surface area contributed by atoms with Crippen molar-refractivity contribution in [2.24, 2.45) is 0 Å². The minimum absolute atomic E-state index is 0.214. The Morgan fingerprint density at radius 1 is 1.42 bits per heavy atom. The molecule has 0 aliphatic rings. The van der Waals surface area contributed by atoms with Crippen molar-refractivity contribution in [2.75, 3.05) is 6.54 Å². The fraction of sp³-hybridized carbons (Fsp3) is 0.875. The molecule has 4 heteroatoms. The molecule has 0 aliphatic carbocycles. The fourth-order valence-electron chi connectivity index (χ4n) is 1.08. The molecule has 0 fully saturated rings. The molecule has 0 aliphatic heterocycles. The largest absolute Gasteiger partial charge is 0.336 e. The van der Waals surface area contributed by atoms with Crippen LogP contribution >= 0.6 is 23.2 Å². The van der Waals surface area contributed by atoms with Crippen molar-refractivity contribution in [1.29, 1.82) is 0 Å². The third-order valence-electron chi connectivity index (χ3n) is 1.58. The molecule has 2 nitrogen and oxygen atoms in total. The maximum absolute atomic E-state index is 11.4. The van der Waals surface area contributed by atoms with Gasteiger partial charge in [0, 0.05) is 12.1 Å². The van der Waals surface area contributed by atoms with Crippen LogP contribution in [0.25, 0.3) is 0 Å². The Morgan fingerprint density at radius 2 is 1.83 bits per heavy atom. The first-order valence-corrected chi connectivity index (χ1v) is 4.77. The Bertz CT molecular complexity index is 163. The van der Waals surface area contributed by atoms with Gasteiger partial charge in [0.2, 0.25) is 0 Å². The Kier molecular flexibility index (Phi) is 4.35. The van der Waals surface area contributed by atoms with Crippen LogP contribution < -0.4 is 0 Å². The van der Waals surface area contributed by atoms with Crippen LogP contribution in [0.5, 0.6) is 0 Å². The van der Waals surface area contributed by atoms with E-state index in [1.165, 1.54) is 0 Å². The second-order valence-electron chi connectivity index (χ2n) is 3.55. The molecule has 0 saturated carbocycles. The van der Waals surface area contributed by atoms with Crippen molar-refractivity contribution in [2.45, 2.75) is 38.1 Å². The van der Waals surface area contributed by atoms with E-state index >= 15 is 0 Å². The second-order valence-corrected chi connectivity index (χ2v) is 4.65. The normalized spacial score (nSPS) is 11.9. The van der Waals surface area contributed by atoms with E-state index in [-0.39, 0.29) is 11.4 Å². The molecule has 0 aromatic carbocycles. The number of alkyl halides is 2. The van der Waals surface area contributed by atoms with Crippen molar-refractivity contribution >= 4 is 29.1 Å². The lowest BCUT2D eigenvalue weighted by Crippen LogP contribution is -2.47. The van der Waals surface area contributed by atoms with Crippen LogP contribution in [0.3, 0.4) is 0 Å². The molecule has 0 heterocycles. The second kappa shape index (κ2) is 4.33. The van der Waals surface area contributed by atoms with E-state index < -0.39 is 4.84 Å². The van der Waals surface area contributed by atoms with Crippen molar-refractivity contribution in [1.82, 2.24) is 4.90 Å². The number of carbonyl (C=O) groups is 1. The van der Waals surface area contributed by atoms with E-state index in [0.29, 0.717) is 6.54 Å². The molecule has 0 N–H and O–H groups in total. The lowest BCUT2D eigenvalue weighted by molar-refractivity contribution is -0.133. The number of nitrogens with zero attached hydrogens (tertiary/aromatic N) is 1. The zero-order valence-electron chi connectivity index (χ0n) is 7.90. The molecule has 72 valence electrons. The molecule has 0 rings (SSSR count). The van der Waals surface area contributed by atoms with Crippen molar-refractivity contribution in [3.05, 3.63) is 0 Å². The van der Waals surface area contributed by atoms with E-state index in [1.54, 1.807) is 4.90 Å². The van der Waals surface area contributed by atoms with E-state index in [4.69, 9.17) is 23.2 Å². The molecule has 0 aromatic heterocycles. The molecule has 12 heavy (non-hydrogen) atoms. The highest BCUT2D eigenvalue weighted by molar-refractivity contribution is 6.53. The highest BCUT2D eigenvalue weighted by Crippen LogP contribution is 2.17. The van der Waals surface area contributed by atoms with Crippen LogP contribution in [-0.2, 0) is 4.79 Å². The van der Waals surface area contributed by atoms with Gasteiger partial charge in [-0.3, -0.25) is 4.79 Å². The summed E-state index contributed by atoms with van der Waals surface area (Å²) in [5.41, 5.74) is -0.214. The molecule has 0 aromatic rings. The summed E-state index contributed by atoms with van der Waals surface area (Å²) < 4.78 is 0. The minimum Gasteiger partial charge on any atom is -0.336 e. The third-order valence-corrected chi connectivity index (χ3v) is 1.95. The average molecular weight is 212 g/mol. The SMILES string of the molecule is CCN(C(=O)C(Cl)Cl)C(C)(C)C. The predicted molar refractivity (Wildman–Crippen MR) is 52.6 cm³/mol. The molecule has 0 atom stereocenters. The maximum atomic E-state index is 11.4. The van der Waals surface area contributed by atoms with E-state index in [1.807, 2.05) is 27.7 Å². The fourth-order valence-corrected chi connectivity index (χ4v) is 1.31. The monoisotopic (exact) mass is 211 g/mol. The van der Waals surface area contributed by atoms with E-state index in [0.717, 1.165) is 0 Å². The van der Waals surface area contributed by atoms with Gasteiger partial charge in [-0.15, -0.1) is 0 Å². The molecule has 0 saturated heterocycles. The zero-order chi connectivity index (χ0) is 9.94. The van der Waals surface area contributed by atoms with Crippen LogP contribution in [0.4, 0.5) is 0 Å². The van der Waals surface area contributed by atoms with Crippen molar-refractivity contribution in [3.8, 4) is 0 Å². The number of carbonyl (C=O) groups excluding carboxylic acids is 1. The lowest BCUT2D eigenvalue weighted by Gasteiger charge is -2.35. The standard InChI is InChI=1S/C8H15Cl2NO/c1-5-11(8(2,3)4)7(12)6(9)10/h6H,5H2,1-4H3. The Morgan fingerprint density at radius 3 is 1.92 bits per heavy atom. The van der Waals surface area contributed by atoms with Crippen molar-refractivity contribution < 1.29 is 4.79 Å². The molecule has 0 radical (unpaired) electrons. The summed E-state index contributed by atoms with van der Waals surface area (Å²) in [6.45, 7) is 8.37. The Labute approximate surface area is 83.8 Å². The molecule has 1 amide bonds. The van der Waals surface area contributed by atoms with Gasteiger partial charge in [0.25, 0.3) is 5.91 Å². The van der Waals surface area contributed by atoms with Gasteiger partial charge in [0.15, 0.2) is 4.84 Å². The number of halogens is 2. The molecular formula is C8H15Cl2NO. The van der Waals surface area contributed by atoms with Crippen LogP contribution in [0.2, 0.25) is 0 Å². The number of hydrogen-bond acceptors (Lipinski definition) is 1. The maximum Gasteiger partial charge on any atom is 0.256 e. The van der Waals surface area contributed by atoms with Gasteiger partial charge < -0.3 is 4.90 Å². The average Bonchev–Trinajstić information content (AvgIpc) is 1.85. The molecular weight excluding hydrogens is 197 g/mol. The smallest absolute Gasteiger partial charge is 0.256 e. The van der Waals surface area contributed by atoms with Gasteiger partial charge in [-0.2, -0.15) is 0 Å². The Balaban J connectivity index is 4.47. The summed E-state index contributed by atoms with van der Waals surface area (Å²) >= 11 is 11.0. The van der Waals surface area contributed by atoms with E-state index in [2.05, 4.69) is 0 Å². The molecule has 0 unspecified atom stereocenters. The first-order chi connectivity index (χ1) is 5.30. The summed E-state index contributed by atoms with van der Waals surface area (Å²) in [7, 11) is 0. The number of amides is 1. The summed E-state index contributed by atoms with van der Waals surface area (Å²) in [5.74, 6) is -0.228. The number of hydrogen-bond donors (Lipinski definition) is 0. The van der Waals surface area contributed by atoms with Gasteiger partial charge in [-0.05, 0) is 27.7 Å². The molecule has 0 bridgehead atoms. The summed E-state index contributed by atoms with van der Waals surface area (Å²) in [6.07, 6.45) is 0. The first-order valence-electron chi connectivity index (χ1n) is 3.90. The van der Waals surface area contributed by atoms with Gasteiger partial charge in [0.1, 0.15) is 0 Å². The Hall–Kier alpha value is 0.0500. The topological polar surface area (TPSA) is 20.3 Å². The quantitative estimate of drug-likeness (QED) is 0.643. The van der Waals surface area contributed by atoms with Crippen LogP contribution in [0, 0.1) is 0 Å². The van der Waals surface area contributed by atoms with Gasteiger partial charge in [-0.25, -0.2) is 0 Å².